The Labute approximate surface area is 88.9 Å². The second kappa shape index (κ2) is 3.63. The third-order valence-electron chi connectivity index (χ3n) is 2.67. The van der Waals surface area contributed by atoms with Crippen LogP contribution in [0.25, 0.3) is 11.1 Å². The Morgan fingerprint density at radius 3 is 2.27 bits per heavy atom. The number of benzene rings is 1. The number of hydrogen-bond donors (Lipinski definition) is 1. The van der Waals surface area contributed by atoms with E-state index in [1.54, 1.807) is 0 Å². The van der Waals surface area contributed by atoms with E-state index in [1.807, 2.05) is 44.2 Å². The van der Waals surface area contributed by atoms with E-state index < -0.39 is 6.10 Å². The van der Waals surface area contributed by atoms with Crippen molar-refractivity contribution in [1.29, 1.82) is 0 Å². The fraction of sp³-hybridized carbons (Fsp3) is 0.308. The summed E-state index contributed by atoms with van der Waals surface area (Å²) < 4.78 is 0. The van der Waals surface area contributed by atoms with Crippen LogP contribution in [0.2, 0.25) is 0 Å². The molecule has 15 heavy (non-hydrogen) atoms. The minimum Gasteiger partial charge on any atom is -0.388 e. The van der Waals surface area contributed by atoms with Gasteiger partial charge >= 0.3 is 0 Å². The summed E-state index contributed by atoms with van der Waals surface area (Å²) in [7, 11) is 0. The highest BCUT2D eigenvalue weighted by atomic mass is 16.3. The second-order valence-electron chi connectivity index (χ2n) is 4.17. The van der Waals surface area contributed by atoms with Gasteiger partial charge in [0.05, 0.1) is 6.10 Å². The first-order valence-corrected chi connectivity index (χ1v) is 5.15. The normalized spacial score (nSPS) is 13.6. The van der Waals surface area contributed by atoms with Crippen LogP contribution in [0.5, 0.6) is 0 Å². The molecule has 0 spiro atoms. The van der Waals surface area contributed by atoms with E-state index >= 15 is 0 Å². The van der Waals surface area contributed by atoms with Gasteiger partial charge in [0, 0.05) is 11.1 Å². The first kappa shape index (κ1) is 10.1. The monoisotopic (exact) mass is 202 g/mol. The molecule has 0 fully saturated rings. The minimum atomic E-state index is -0.618. The molecule has 0 aliphatic heterocycles. The van der Waals surface area contributed by atoms with E-state index in [-0.39, 0.29) is 11.3 Å². The van der Waals surface area contributed by atoms with E-state index in [9.17, 15) is 9.90 Å². The Bertz CT molecular complexity index is 462. The van der Waals surface area contributed by atoms with Crippen molar-refractivity contribution in [3.8, 4) is 11.1 Å². The van der Waals surface area contributed by atoms with E-state index in [0.29, 0.717) is 11.1 Å². The van der Waals surface area contributed by atoms with Crippen LogP contribution < -0.4 is 5.43 Å². The topological polar surface area (TPSA) is 37.3 Å². The Morgan fingerprint density at radius 2 is 1.73 bits per heavy atom. The largest absolute Gasteiger partial charge is 0.388 e. The molecule has 0 aliphatic carbocycles. The molecule has 2 aromatic carbocycles. The molecule has 1 atom stereocenters. The molecule has 78 valence electrons. The fourth-order valence-electron chi connectivity index (χ4n) is 1.69. The molecule has 0 aliphatic rings. The van der Waals surface area contributed by atoms with E-state index in [4.69, 9.17) is 0 Å². The lowest BCUT2D eigenvalue weighted by molar-refractivity contribution is 0.130. The summed E-state index contributed by atoms with van der Waals surface area (Å²) >= 11 is 0. The molecule has 0 aromatic heterocycles. The van der Waals surface area contributed by atoms with Crippen LogP contribution in [0.15, 0.2) is 35.1 Å². The summed E-state index contributed by atoms with van der Waals surface area (Å²) in [6.45, 7) is 3.82. The summed E-state index contributed by atoms with van der Waals surface area (Å²) in [6.07, 6.45) is -0.618. The molecule has 0 saturated carbocycles. The van der Waals surface area contributed by atoms with Gasteiger partial charge in [-0.3, -0.25) is 4.79 Å². The van der Waals surface area contributed by atoms with Crippen molar-refractivity contribution in [2.75, 3.05) is 0 Å². The van der Waals surface area contributed by atoms with Crippen molar-refractivity contribution in [3.05, 3.63) is 46.1 Å². The Hall–Kier alpha value is -1.41. The maximum Gasteiger partial charge on any atom is 0.193 e. The van der Waals surface area contributed by atoms with Crippen LogP contribution in [-0.4, -0.2) is 5.11 Å². The van der Waals surface area contributed by atoms with Gasteiger partial charge in [-0.05, 0) is 11.5 Å². The zero-order valence-electron chi connectivity index (χ0n) is 8.90. The van der Waals surface area contributed by atoms with Gasteiger partial charge in [-0.1, -0.05) is 44.2 Å². The Balaban J connectivity index is 2.31. The fourth-order valence-corrected chi connectivity index (χ4v) is 1.69. The standard InChI is InChI=1S/C13H14O2/c1-8(2)12(14)11-10(13(11)15)9-6-4-3-5-7-9/h3-8,12,14H,1-2H3. The van der Waals surface area contributed by atoms with Gasteiger partial charge in [0.15, 0.2) is 5.43 Å². The molecule has 1 N–H and O–H groups in total. The predicted octanol–water partition coefficient (Wildman–Crippen LogP) is 2.28. The predicted molar refractivity (Wildman–Crippen MR) is 60.3 cm³/mol. The lowest BCUT2D eigenvalue weighted by Gasteiger charge is -2.08. The maximum atomic E-state index is 11.5. The first-order chi connectivity index (χ1) is 7.13. The molecule has 2 rings (SSSR count). The molecule has 2 heteroatoms. The van der Waals surface area contributed by atoms with Crippen molar-refractivity contribution in [2.24, 2.45) is 5.92 Å². The van der Waals surface area contributed by atoms with Gasteiger partial charge in [-0.25, -0.2) is 0 Å². The highest BCUT2D eigenvalue weighted by Crippen LogP contribution is 2.33. The zero-order chi connectivity index (χ0) is 11.0. The van der Waals surface area contributed by atoms with Crippen LogP contribution in [0, 0.1) is 5.92 Å². The number of rotatable bonds is 3. The zero-order valence-corrected chi connectivity index (χ0v) is 8.90. The van der Waals surface area contributed by atoms with Gasteiger partial charge in [-0.2, -0.15) is 0 Å². The summed E-state index contributed by atoms with van der Waals surface area (Å²) in [5.74, 6) is 0.0881. The molecule has 0 saturated heterocycles. The average molecular weight is 202 g/mol. The molecule has 0 amide bonds. The highest BCUT2D eigenvalue weighted by molar-refractivity contribution is 5.76. The van der Waals surface area contributed by atoms with E-state index in [0.717, 1.165) is 5.56 Å². The highest BCUT2D eigenvalue weighted by Gasteiger charge is 2.30. The lowest BCUT2D eigenvalue weighted by atomic mass is 10.0. The molecule has 2 nitrogen and oxygen atoms in total. The molecular formula is C13H14O2. The van der Waals surface area contributed by atoms with Gasteiger partial charge in [0.2, 0.25) is 0 Å². The molecule has 2 aromatic rings. The Kier molecular flexibility index (Phi) is 2.45. The summed E-state index contributed by atoms with van der Waals surface area (Å²) in [5, 5.41) is 9.79. The van der Waals surface area contributed by atoms with Crippen molar-refractivity contribution in [1.82, 2.24) is 0 Å². The van der Waals surface area contributed by atoms with E-state index in [1.165, 1.54) is 0 Å². The van der Waals surface area contributed by atoms with Crippen LogP contribution in [0.3, 0.4) is 0 Å². The van der Waals surface area contributed by atoms with Crippen LogP contribution in [0.4, 0.5) is 0 Å². The first-order valence-electron chi connectivity index (χ1n) is 5.15. The van der Waals surface area contributed by atoms with Gasteiger partial charge < -0.3 is 5.11 Å². The smallest absolute Gasteiger partial charge is 0.193 e. The van der Waals surface area contributed by atoms with Crippen molar-refractivity contribution in [3.63, 3.8) is 0 Å². The van der Waals surface area contributed by atoms with Crippen molar-refractivity contribution in [2.45, 2.75) is 20.0 Å². The third kappa shape index (κ3) is 1.73. The van der Waals surface area contributed by atoms with Crippen molar-refractivity contribution < 1.29 is 5.11 Å². The molecule has 0 bridgehead atoms. The van der Waals surface area contributed by atoms with Crippen LogP contribution >= 0.6 is 0 Å². The quantitative estimate of drug-likeness (QED) is 0.829. The average Bonchev–Trinajstić information content (AvgIpc) is 2.90. The molecule has 0 radical (unpaired) electrons. The van der Waals surface area contributed by atoms with Crippen LogP contribution in [0.1, 0.15) is 25.5 Å². The van der Waals surface area contributed by atoms with Gasteiger partial charge in [0.1, 0.15) is 0 Å². The minimum absolute atomic E-state index is 0.0161. The number of hydrogen-bond acceptors (Lipinski definition) is 2. The van der Waals surface area contributed by atoms with E-state index in [2.05, 4.69) is 0 Å². The summed E-state index contributed by atoms with van der Waals surface area (Å²) in [6, 6.07) is 9.50. The summed E-state index contributed by atoms with van der Waals surface area (Å²) in [4.78, 5) is 11.5. The molecule has 1 unspecified atom stereocenters. The number of aliphatic hydroxyl groups is 1. The molecule has 0 heterocycles. The second-order valence-corrected chi connectivity index (χ2v) is 4.17. The maximum absolute atomic E-state index is 11.5. The Morgan fingerprint density at radius 1 is 1.13 bits per heavy atom. The van der Waals surface area contributed by atoms with Crippen LogP contribution in [-0.2, 0) is 0 Å². The summed E-state index contributed by atoms with van der Waals surface area (Å²) in [5.41, 5.74) is 2.23. The lowest BCUT2D eigenvalue weighted by Crippen LogP contribution is -2.03. The SMILES string of the molecule is CC(C)C(O)c1c(-c2ccccc2)c1=O. The van der Waals surface area contributed by atoms with Crippen molar-refractivity contribution >= 4 is 0 Å². The third-order valence-corrected chi connectivity index (χ3v) is 2.67. The molecular weight excluding hydrogens is 188 g/mol. The van der Waals surface area contributed by atoms with Gasteiger partial charge in [0.25, 0.3) is 0 Å². The number of aliphatic hydroxyl groups excluding tert-OH is 1. The van der Waals surface area contributed by atoms with Gasteiger partial charge in [-0.15, -0.1) is 0 Å².